The average molecular weight is 396 g/mol. The Morgan fingerprint density at radius 3 is 2.71 bits per heavy atom. The summed E-state index contributed by atoms with van der Waals surface area (Å²) in [4.78, 5) is 14.0. The van der Waals surface area contributed by atoms with Gasteiger partial charge in [-0.25, -0.2) is 13.6 Å². The maximum atomic E-state index is 12.6. The summed E-state index contributed by atoms with van der Waals surface area (Å²) in [5, 5.41) is 5.02. The molecule has 1 unspecified atom stereocenters. The lowest BCUT2D eigenvalue weighted by Crippen LogP contribution is -2.39. The molecule has 1 atom stereocenters. The average Bonchev–Trinajstić information content (AvgIpc) is 2.39. The first kappa shape index (κ1) is 16.7. The zero-order valence-corrected chi connectivity index (χ0v) is 14.6. The molecule has 0 aromatic heterocycles. The molecule has 1 aromatic carbocycles. The molecule has 0 saturated carbocycles. The number of nitrogens with zero attached hydrogens (tertiary/aromatic N) is 1. The number of likely N-dealkylation sites (tertiary alicyclic amines) is 1. The van der Waals surface area contributed by atoms with Gasteiger partial charge in [0.15, 0.2) is 0 Å². The lowest BCUT2D eigenvalue weighted by Gasteiger charge is -2.31. The molecule has 0 aliphatic carbocycles. The number of nitrogens with two attached hydrogens (primary N) is 1. The van der Waals surface area contributed by atoms with Gasteiger partial charge in [0.1, 0.15) is 4.90 Å². The molecule has 1 fully saturated rings. The van der Waals surface area contributed by atoms with E-state index >= 15 is 0 Å². The molecule has 0 spiro atoms. The first-order chi connectivity index (χ1) is 9.70. The lowest BCUT2D eigenvalue weighted by atomic mass is 9.99. The van der Waals surface area contributed by atoms with Crippen LogP contribution in [0.5, 0.6) is 0 Å². The van der Waals surface area contributed by atoms with E-state index in [1.165, 1.54) is 12.1 Å². The number of hydrogen-bond acceptors (Lipinski definition) is 3. The maximum absolute atomic E-state index is 12.6. The Bertz CT molecular complexity index is 678. The number of halogens is 2. The molecule has 116 valence electrons. The monoisotopic (exact) mass is 394 g/mol. The van der Waals surface area contributed by atoms with Crippen LogP contribution < -0.4 is 5.14 Å². The number of hydrogen-bond donors (Lipinski definition) is 1. The molecule has 1 amide bonds. The summed E-state index contributed by atoms with van der Waals surface area (Å²) >= 11 is 9.28. The number of amides is 1. The van der Waals surface area contributed by atoms with Gasteiger partial charge in [-0.15, -0.1) is 0 Å². The summed E-state index contributed by atoms with van der Waals surface area (Å²) < 4.78 is 23.6. The molecule has 0 radical (unpaired) electrons. The summed E-state index contributed by atoms with van der Waals surface area (Å²) in [7, 11) is -3.99. The fourth-order valence-corrected chi connectivity index (χ4v) is 4.24. The zero-order chi connectivity index (χ0) is 15.8. The highest BCUT2D eigenvalue weighted by Crippen LogP contribution is 2.30. The molecular formula is C13H16BrClN2O3S. The molecule has 21 heavy (non-hydrogen) atoms. The van der Waals surface area contributed by atoms with Crippen LogP contribution in [0.15, 0.2) is 21.5 Å². The summed E-state index contributed by atoms with van der Waals surface area (Å²) in [6, 6.07) is 2.83. The van der Waals surface area contributed by atoms with E-state index in [1.54, 1.807) is 4.90 Å². The maximum Gasteiger partial charge on any atom is 0.255 e. The van der Waals surface area contributed by atoms with E-state index < -0.39 is 10.0 Å². The summed E-state index contributed by atoms with van der Waals surface area (Å²) in [6.07, 6.45) is 2.01. The van der Waals surface area contributed by atoms with Crippen molar-refractivity contribution in [3.8, 4) is 0 Å². The summed E-state index contributed by atoms with van der Waals surface area (Å²) in [5.41, 5.74) is 0.157. The number of carbonyl (C=O) groups excluding carboxylic acids is 1. The van der Waals surface area contributed by atoms with Crippen LogP contribution in [-0.4, -0.2) is 32.3 Å². The van der Waals surface area contributed by atoms with Gasteiger partial charge >= 0.3 is 0 Å². The Labute approximate surface area is 137 Å². The van der Waals surface area contributed by atoms with Gasteiger partial charge in [-0.1, -0.05) is 34.5 Å². The topological polar surface area (TPSA) is 80.5 Å². The van der Waals surface area contributed by atoms with Crippen molar-refractivity contribution in [2.24, 2.45) is 11.1 Å². The molecule has 0 bridgehead atoms. The Balaban J connectivity index is 2.44. The number of carbonyl (C=O) groups is 1. The molecule has 1 aliphatic rings. The van der Waals surface area contributed by atoms with Crippen molar-refractivity contribution in [1.82, 2.24) is 4.90 Å². The SMILES string of the molecule is CC1CCCN(C(=O)c2cc(Br)cc(S(N)(=O)=O)c2Cl)C1. The van der Waals surface area contributed by atoms with E-state index in [0.717, 1.165) is 12.8 Å². The van der Waals surface area contributed by atoms with Crippen molar-refractivity contribution < 1.29 is 13.2 Å². The Hall–Kier alpha value is -0.630. The summed E-state index contributed by atoms with van der Waals surface area (Å²) in [6.45, 7) is 3.38. The quantitative estimate of drug-likeness (QED) is 0.836. The molecule has 1 aromatic rings. The molecule has 2 N–H and O–H groups in total. The minimum Gasteiger partial charge on any atom is -0.338 e. The second kappa shape index (κ2) is 6.24. The van der Waals surface area contributed by atoms with Crippen molar-refractivity contribution in [2.45, 2.75) is 24.7 Å². The molecule has 2 rings (SSSR count). The molecule has 8 heteroatoms. The van der Waals surface area contributed by atoms with E-state index in [2.05, 4.69) is 22.9 Å². The highest BCUT2D eigenvalue weighted by Gasteiger charge is 2.27. The zero-order valence-electron chi connectivity index (χ0n) is 11.5. The van der Waals surface area contributed by atoms with Crippen molar-refractivity contribution >= 4 is 43.5 Å². The third kappa shape index (κ3) is 3.77. The van der Waals surface area contributed by atoms with Gasteiger partial charge in [0, 0.05) is 17.6 Å². The van der Waals surface area contributed by atoms with Gasteiger partial charge < -0.3 is 4.90 Å². The first-order valence-corrected chi connectivity index (χ1v) is 9.23. The molecule has 1 heterocycles. The van der Waals surface area contributed by atoms with Gasteiger partial charge in [-0.3, -0.25) is 4.79 Å². The second-order valence-electron chi connectivity index (χ2n) is 5.31. The number of sulfonamides is 1. The van der Waals surface area contributed by atoms with Gasteiger partial charge in [0.25, 0.3) is 5.91 Å². The largest absolute Gasteiger partial charge is 0.338 e. The van der Waals surface area contributed by atoms with E-state index in [1.807, 2.05) is 0 Å². The van der Waals surface area contributed by atoms with Crippen LogP contribution in [-0.2, 0) is 10.0 Å². The van der Waals surface area contributed by atoms with Crippen LogP contribution >= 0.6 is 27.5 Å². The van der Waals surface area contributed by atoms with Crippen molar-refractivity contribution in [1.29, 1.82) is 0 Å². The Morgan fingerprint density at radius 2 is 2.14 bits per heavy atom. The van der Waals surface area contributed by atoms with Crippen molar-refractivity contribution in [3.05, 3.63) is 27.2 Å². The highest BCUT2D eigenvalue weighted by molar-refractivity contribution is 9.10. The molecule has 1 saturated heterocycles. The fraction of sp³-hybridized carbons (Fsp3) is 0.462. The van der Waals surface area contributed by atoms with Crippen LogP contribution in [0.25, 0.3) is 0 Å². The first-order valence-electron chi connectivity index (χ1n) is 6.51. The van der Waals surface area contributed by atoms with Crippen LogP contribution in [0.1, 0.15) is 30.1 Å². The number of rotatable bonds is 2. The van der Waals surface area contributed by atoms with Gasteiger partial charge in [-0.05, 0) is 30.9 Å². The Morgan fingerprint density at radius 1 is 1.48 bits per heavy atom. The molecule has 5 nitrogen and oxygen atoms in total. The molecular weight excluding hydrogens is 380 g/mol. The van der Waals surface area contributed by atoms with Crippen LogP contribution in [0, 0.1) is 5.92 Å². The van der Waals surface area contributed by atoms with Gasteiger partial charge in [-0.2, -0.15) is 0 Å². The number of benzene rings is 1. The standard InChI is InChI=1S/C13H16BrClN2O3S/c1-8-3-2-4-17(7-8)13(18)10-5-9(14)6-11(12(10)15)21(16,19)20/h5-6,8H,2-4,7H2,1H3,(H2,16,19,20). The normalized spacial score (nSPS) is 19.6. The highest BCUT2D eigenvalue weighted by atomic mass is 79.9. The lowest BCUT2D eigenvalue weighted by molar-refractivity contribution is 0.0683. The minimum atomic E-state index is -3.99. The van der Waals surface area contributed by atoms with Gasteiger partial charge in [0.2, 0.25) is 10.0 Å². The van der Waals surface area contributed by atoms with E-state index in [-0.39, 0.29) is 21.4 Å². The van der Waals surface area contributed by atoms with Crippen LogP contribution in [0.2, 0.25) is 5.02 Å². The summed E-state index contributed by atoms with van der Waals surface area (Å²) in [5.74, 6) is 0.157. The van der Waals surface area contributed by atoms with Crippen molar-refractivity contribution in [3.63, 3.8) is 0 Å². The number of piperidine rings is 1. The van der Waals surface area contributed by atoms with E-state index in [0.29, 0.717) is 23.5 Å². The van der Waals surface area contributed by atoms with E-state index in [4.69, 9.17) is 16.7 Å². The van der Waals surface area contributed by atoms with Crippen LogP contribution in [0.3, 0.4) is 0 Å². The van der Waals surface area contributed by atoms with Gasteiger partial charge in [0.05, 0.1) is 10.6 Å². The fourth-order valence-electron chi connectivity index (χ4n) is 2.47. The van der Waals surface area contributed by atoms with E-state index in [9.17, 15) is 13.2 Å². The minimum absolute atomic E-state index is 0.121. The molecule has 1 aliphatic heterocycles. The second-order valence-corrected chi connectivity index (χ2v) is 8.13. The van der Waals surface area contributed by atoms with Crippen LogP contribution in [0.4, 0.5) is 0 Å². The third-order valence-corrected chi connectivity index (χ3v) is 5.40. The van der Waals surface area contributed by atoms with Crippen molar-refractivity contribution in [2.75, 3.05) is 13.1 Å². The smallest absolute Gasteiger partial charge is 0.255 e. The third-order valence-electron chi connectivity index (χ3n) is 3.49. The number of primary sulfonamides is 1. The predicted octanol–water partition coefficient (Wildman–Crippen LogP) is 2.62. The predicted molar refractivity (Wildman–Crippen MR) is 84.8 cm³/mol. The Kier molecular flexibility index (Phi) is 4.97.